The van der Waals surface area contributed by atoms with E-state index in [1.165, 1.54) is 11.1 Å². The Kier molecular flexibility index (Phi) is 22.4. The summed E-state index contributed by atoms with van der Waals surface area (Å²) in [6.07, 6.45) is 6.78. The van der Waals surface area contributed by atoms with E-state index >= 15 is 0 Å². The van der Waals surface area contributed by atoms with Crippen molar-refractivity contribution in [3.63, 3.8) is 0 Å². The van der Waals surface area contributed by atoms with Gasteiger partial charge >= 0.3 is 12.0 Å². The Bertz CT molecular complexity index is 1610. The van der Waals surface area contributed by atoms with Gasteiger partial charge in [0.25, 0.3) is 0 Å². The number of rotatable bonds is 12. The number of hydrogen-bond acceptors (Lipinski definition) is 9. The highest BCUT2D eigenvalue weighted by molar-refractivity contribution is 5.93. The zero-order chi connectivity index (χ0) is 43.0. The van der Waals surface area contributed by atoms with Crippen molar-refractivity contribution in [2.24, 2.45) is 5.73 Å². The Morgan fingerprint density at radius 3 is 2.03 bits per heavy atom. The van der Waals surface area contributed by atoms with Crippen LogP contribution in [0.2, 0.25) is 0 Å². The van der Waals surface area contributed by atoms with E-state index < -0.39 is 30.1 Å². The number of amides is 6. The van der Waals surface area contributed by atoms with Crippen LogP contribution >= 0.6 is 0 Å². The molecule has 4 unspecified atom stereocenters. The van der Waals surface area contributed by atoms with E-state index in [4.69, 9.17) is 10.5 Å². The number of nitrogens with zero attached hydrogens (tertiary/aromatic N) is 3. The van der Waals surface area contributed by atoms with Gasteiger partial charge in [-0.05, 0) is 96.5 Å². The molecule has 0 aliphatic carbocycles. The number of likely N-dealkylation sites (N-methyl/N-ethyl adjacent to an activating group) is 1. The minimum atomic E-state index is -0.629. The summed E-state index contributed by atoms with van der Waals surface area (Å²) in [6.45, 7) is 11.4. The third kappa shape index (κ3) is 16.7. The Labute approximate surface area is 343 Å². The standard InChI is InChI=1S/C23H36N4O6.C11H15N3O2.C7H8.C2H6/c1-16(15-28)24-21(30)17-7-3-4-12-27(17)22(31)18-8-6-13-26(18)20(29)10-14-33-23(32)19-9-5-11-25(19)2;1-2-8-3-5-9(6-4-8)14-11(16)13-7-10(12)15;1-7-5-3-2-4-6-7;1-2/h15-19H,3-14H2,1-2H3,(H,24,30);3-6H,2,7H2,1H3,(H2,12,15)(H2,13,14,16);2-6H,1H3;1-2H3. The van der Waals surface area contributed by atoms with Crippen LogP contribution in [0, 0.1) is 6.92 Å². The van der Waals surface area contributed by atoms with Gasteiger partial charge in [0.1, 0.15) is 31.0 Å². The van der Waals surface area contributed by atoms with Gasteiger partial charge in [-0.25, -0.2) is 4.79 Å². The molecule has 5 N–H and O–H groups in total. The average molecular weight is 808 g/mol. The van der Waals surface area contributed by atoms with Gasteiger partial charge in [0.15, 0.2) is 0 Å². The van der Waals surface area contributed by atoms with Crippen LogP contribution in [0.4, 0.5) is 10.5 Å². The number of nitrogens with two attached hydrogens (primary N) is 1. The number of aldehydes is 1. The van der Waals surface area contributed by atoms with Crippen molar-refractivity contribution in [1.82, 2.24) is 25.3 Å². The maximum absolute atomic E-state index is 13.4. The summed E-state index contributed by atoms with van der Waals surface area (Å²) in [6, 6.07) is 15.2. The lowest BCUT2D eigenvalue weighted by molar-refractivity contribution is -0.152. The third-order valence-electron chi connectivity index (χ3n) is 9.86. The van der Waals surface area contributed by atoms with Gasteiger partial charge in [0.05, 0.1) is 19.0 Å². The molecular weight excluding hydrogens is 743 g/mol. The second-order valence-electron chi connectivity index (χ2n) is 14.3. The summed E-state index contributed by atoms with van der Waals surface area (Å²) < 4.78 is 5.33. The van der Waals surface area contributed by atoms with Crippen LogP contribution in [0.5, 0.6) is 0 Å². The van der Waals surface area contributed by atoms with Crippen molar-refractivity contribution in [1.29, 1.82) is 0 Å². The third-order valence-corrected chi connectivity index (χ3v) is 9.86. The summed E-state index contributed by atoms with van der Waals surface area (Å²) in [5, 5.41) is 7.57. The molecule has 6 amide bonds. The minimum absolute atomic E-state index is 0.00224. The van der Waals surface area contributed by atoms with E-state index in [2.05, 4.69) is 41.9 Å². The number of ether oxygens (including phenoxy) is 1. The normalized spacial score (nSPS) is 19.0. The van der Waals surface area contributed by atoms with Gasteiger partial charge in [-0.1, -0.05) is 68.8 Å². The molecule has 15 nitrogen and oxygen atoms in total. The van der Waals surface area contributed by atoms with Gasteiger partial charge in [-0.3, -0.25) is 28.9 Å². The largest absolute Gasteiger partial charge is 0.464 e. The predicted octanol–water partition coefficient (Wildman–Crippen LogP) is 3.97. The summed E-state index contributed by atoms with van der Waals surface area (Å²) >= 11 is 0. The first-order valence-corrected chi connectivity index (χ1v) is 20.5. The number of hydrogen-bond donors (Lipinski definition) is 4. The molecule has 15 heteroatoms. The lowest BCUT2D eigenvalue weighted by atomic mass is 9.99. The quantitative estimate of drug-likeness (QED) is 0.181. The molecule has 58 heavy (non-hydrogen) atoms. The van der Waals surface area contributed by atoms with E-state index in [1.54, 1.807) is 16.7 Å². The van der Waals surface area contributed by atoms with E-state index in [0.29, 0.717) is 44.3 Å². The summed E-state index contributed by atoms with van der Waals surface area (Å²) in [5.74, 6) is -1.64. The number of carbonyl (C=O) groups excluding carboxylic acids is 7. The van der Waals surface area contributed by atoms with E-state index in [9.17, 15) is 33.6 Å². The van der Waals surface area contributed by atoms with Crippen LogP contribution < -0.4 is 21.7 Å². The molecule has 3 fully saturated rings. The van der Waals surface area contributed by atoms with Crippen LogP contribution in [0.3, 0.4) is 0 Å². The fourth-order valence-electron chi connectivity index (χ4n) is 6.72. The number of nitrogens with one attached hydrogen (secondary N) is 3. The van der Waals surface area contributed by atoms with Gasteiger partial charge in [0, 0.05) is 18.8 Å². The van der Waals surface area contributed by atoms with Gasteiger partial charge in [-0.15, -0.1) is 0 Å². The van der Waals surface area contributed by atoms with Crippen molar-refractivity contribution >= 4 is 47.6 Å². The van der Waals surface area contributed by atoms with Crippen molar-refractivity contribution in [3.8, 4) is 0 Å². The summed E-state index contributed by atoms with van der Waals surface area (Å²) in [5.41, 5.74) is 8.09. The molecule has 320 valence electrons. The second-order valence-corrected chi connectivity index (χ2v) is 14.3. The van der Waals surface area contributed by atoms with Gasteiger partial charge < -0.3 is 41.0 Å². The van der Waals surface area contributed by atoms with Crippen LogP contribution in [-0.2, 0) is 39.9 Å². The lowest BCUT2D eigenvalue weighted by Crippen LogP contribution is -2.57. The fraction of sp³-hybridized carbons (Fsp3) is 0.558. The zero-order valence-electron chi connectivity index (χ0n) is 35.2. The maximum atomic E-state index is 13.4. The molecule has 3 aliphatic heterocycles. The predicted molar refractivity (Wildman–Crippen MR) is 224 cm³/mol. The second kappa shape index (κ2) is 26.6. The molecule has 3 saturated heterocycles. The number of anilines is 1. The number of primary amides is 1. The molecule has 0 saturated carbocycles. The molecule has 2 aromatic rings. The Morgan fingerprint density at radius 2 is 1.47 bits per heavy atom. The first-order chi connectivity index (χ1) is 27.8. The average Bonchev–Trinajstić information content (AvgIpc) is 3.91. The minimum Gasteiger partial charge on any atom is -0.464 e. The summed E-state index contributed by atoms with van der Waals surface area (Å²) in [7, 11) is 1.89. The summed E-state index contributed by atoms with van der Waals surface area (Å²) in [4.78, 5) is 88.8. The molecule has 3 heterocycles. The number of urea groups is 1. The number of esters is 1. The number of likely N-dealkylation sites (tertiary alicyclic amines) is 3. The number of piperidine rings is 1. The highest BCUT2D eigenvalue weighted by Gasteiger charge is 2.41. The molecule has 0 bridgehead atoms. The highest BCUT2D eigenvalue weighted by atomic mass is 16.5. The van der Waals surface area contributed by atoms with Crippen molar-refractivity contribution in [2.45, 2.75) is 117 Å². The van der Waals surface area contributed by atoms with Gasteiger partial charge in [-0.2, -0.15) is 0 Å². The maximum Gasteiger partial charge on any atom is 0.323 e. The SMILES string of the molecule is CC.CC(C=O)NC(=O)C1CCCCN1C(=O)C1CCCN1C(=O)CCOC(=O)C1CCCN1C.CCc1ccc(NC(=O)NCC(N)=O)cc1.Cc1ccccc1. The molecular formula is C43H65N7O8. The molecule has 0 aromatic heterocycles. The van der Waals surface area contributed by atoms with Gasteiger partial charge in [0.2, 0.25) is 23.6 Å². The van der Waals surface area contributed by atoms with Crippen LogP contribution in [0.1, 0.15) is 90.2 Å². The highest BCUT2D eigenvalue weighted by Crippen LogP contribution is 2.25. The fourth-order valence-corrected chi connectivity index (χ4v) is 6.72. The number of aryl methyl sites for hydroxylation is 2. The Hall–Kier alpha value is -5.31. The smallest absolute Gasteiger partial charge is 0.323 e. The molecule has 0 spiro atoms. The number of benzene rings is 2. The van der Waals surface area contributed by atoms with Crippen LogP contribution in [-0.4, -0.2) is 121 Å². The first-order valence-electron chi connectivity index (χ1n) is 20.5. The Balaban J connectivity index is 0.000000381. The molecule has 4 atom stereocenters. The monoisotopic (exact) mass is 807 g/mol. The van der Waals surface area contributed by atoms with E-state index in [1.807, 2.05) is 68.3 Å². The van der Waals surface area contributed by atoms with E-state index in [-0.39, 0.29) is 49.3 Å². The van der Waals surface area contributed by atoms with Crippen LogP contribution in [0.25, 0.3) is 0 Å². The lowest BCUT2D eigenvalue weighted by Gasteiger charge is -2.38. The Morgan fingerprint density at radius 1 is 0.845 bits per heavy atom. The van der Waals surface area contributed by atoms with E-state index in [0.717, 1.165) is 38.6 Å². The first kappa shape index (κ1) is 48.8. The van der Waals surface area contributed by atoms with Crippen molar-refractivity contribution < 1.29 is 38.3 Å². The van der Waals surface area contributed by atoms with Crippen molar-refractivity contribution in [3.05, 3.63) is 65.7 Å². The van der Waals surface area contributed by atoms with Crippen molar-refractivity contribution in [2.75, 3.05) is 45.2 Å². The molecule has 3 aliphatic rings. The zero-order valence-corrected chi connectivity index (χ0v) is 35.2. The van der Waals surface area contributed by atoms with Crippen LogP contribution in [0.15, 0.2) is 54.6 Å². The number of carbonyl (C=O) groups is 7. The molecule has 2 aromatic carbocycles. The molecule has 5 rings (SSSR count). The topological polar surface area (TPSA) is 201 Å². The molecule has 0 radical (unpaired) electrons.